The van der Waals surface area contributed by atoms with Gasteiger partial charge >= 0.3 is 0 Å². The lowest BCUT2D eigenvalue weighted by molar-refractivity contribution is 0.242. The Balaban J connectivity index is 1.54. The fourth-order valence-electron chi connectivity index (χ4n) is 3.41. The number of hydrogen-bond donors (Lipinski definition) is 0. The maximum Gasteiger partial charge on any atom is 0.226 e. The van der Waals surface area contributed by atoms with E-state index in [1.54, 1.807) is 0 Å². The summed E-state index contributed by atoms with van der Waals surface area (Å²) in [6, 6.07) is 19.0. The molecule has 4 rings (SSSR count). The Bertz CT molecular complexity index is 865. The van der Waals surface area contributed by atoms with Crippen molar-refractivity contribution in [3.8, 4) is 11.5 Å². The second kappa shape index (κ2) is 7.46. The van der Waals surface area contributed by atoms with Gasteiger partial charge in [0.1, 0.15) is 5.76 Å². The maximum atomic E-state index is 6.02. The molecule has 3 heteroatoms. The summed E-state index contributed by atoms with van der Waals surface area (Å²) < 4.78 is 6.02. The molecule has 1 aromatic heterocycles. The first-order valence-electron chi connectivity index (χ1n) is 9.47. The molecule has 0 spiro atoms. The molecule has 1 fully saturated rings. The van der Waals surface area contributed by atoms with Crippen molar-refractivity contribution in [3.05, 3.63) is 77.2 Å². The zero-order valence-corrected chi connectivity index (χ0v) is 15.6. The van der Waals surface area contributed by atoms with Crippen LogP contribution in [0.3, 0.4) is 0 Å². The minimum Gasteiger partial charge on any atom is -0.441 e. The van der Waals surface area contributed by atoms with Gasteiger partial charge in [-0.2, -0.15) is 0 Å². The minimum atomic E-state index is 0.738. The molecule has 0 amide bonds. The molecule has 0 bridgehead atoms. The first kappa shape index (κ1) is 17.0. The standard InChI is InChI=1S/C23H26N2O/c1-17-8-6-7-11-21(17)23-24-22(18(2)26-23)16-25(15-20-12-13-20)14-19-9-4-3-5-10-19/h3-11,20H,12-16H2,1-2H3. The summed E-state index contributed by atoms with van der Waals surface area (Å²) in [5, 5.41) is 0. The maximum absolute atomic E-state index is 6.02. The Morgan fingerprint density at radius 1 is 0.962 bits per heavy atom. The van der Waals surface area contributed by atoms with E-state index in [1.807, 2.05) is 19.1 Å². The normalized spacial score (nSPS) is 14.1. The molecule has 0 N–H and O–H groups in total. The average molecular weight is 346 g/mol. The quantitative estimate of drug-likeness (QED) is 0.576. The van der Waals surface area contributed by atoms with E-state index in [1.165, 1.54) is 24.0 Å². The van der Waals surface area contributed by atoms with Crippen LogP contribution in [0.1, 0.15) is 35.4 Å². The third-order valence-electron chi connectivity index (χ3n) is 5.10. The molecule has 3 nitrogen and oxygen atoms in total. The van der Waals surface area contributed by atoms with Crippen molar-refractivity contribution in [2.75, 3.05) is 6.54 Å². The molecule has 1 aliphatic carbocycles. The van der Waals surface area contributed by atoms with Gasteiger partial charge in [-0.05, 0) is 49.8 Å². The highest BCUT2D eigenvalue weighted by Crippen LogP contribution is 2.31. The van der Waals surface area contributed by atoms with Crippen LogP contribution in [0.15, 0.2) is 59.0 Å². The van der Waals surface area contributed by atoms with Gasteiger partial charge in [-0.15, -0.1) is 0 Å². The van der Waals surface area contributed by atoms with Crippen LogP contribution >= 0.6 is 0 Å². The second-order valence-electron chi connectivity index (χ2n) is 7.44. The molecule has 134 valence electrons. The van der Waals surface area contributed by atoms with Crippen LogP contribution in [0.2, 0.25) is 0 Å². The number of hydrogen-bond acceptors (Lipinski definition) is 3. The first-order chi connectivity index (χ1) is 12.7. The van der Waals surface area contributed by atoms with Crippen molar-refractivity contribution in [1.29, 1.82) is 0 Å². The van der Waals surface area contributed by atoms with Crippen molar-refractivity contribution in [3.63, 3.8) is 0 Å². The van der Waals surface area contributed by atoms with E-state index in [2.05, 4.69) is 54.3 Å². The summed E-state index contributed by atoms with van der Waals surface area (Å²) in [6.45, 7) is 7.07. The number of nitrogens with zero attached hydrogens (tertiary/aromatic N) is 2. The van der Waals surface area contributed by atoms with E-state index in [0.717, 1.165) is 48.5 Å². The second-order valence-corrected chi connectivity index (χ2v) is 7.44. The predicted octanol–water partition coefficient (Wildman–Crippen LogP) is 5.37. The van der Waals surface area contributed by atoms with E-state index in [9.17, 15) is 0 Å². The van der Waals surface area contributed by atoms with Crippen LogP contribution in [0.5, 0.6) is 0 Å². The molecule has 2 aromatic carbocycles. The summed E-state index contributed by atoms with van der Waals surface area (Å²) in [4.78, 5) is 7.36. The highest BCUT2D eigenvalue weighted by Gasteiger charge is 2.25. The minimum absolute atomic E-state index is 0.738. The van der Waals surface area contributed by atoms with Gasteiger partial charge in [0.25, 0.3) is 0 Å². The third-order valence-corrected chi connectivity index (χ3v) is 5.10. The van der Waals surface area contributed by atoms with Gasteiger partial charge in [0.05, 0.1) is 5.69 Å². The number of aromatic nitrogens is 1. The van der Waals surface area contributed by atoms with E-state index in [-0.39, 0.29) is 0 Å². The van der Waals surface area contributed by atoms with Crippen molar-refractivity contribution >= 4 is 0 Å². The van der Waals surface area contributed by atoms with Crippen LogP contribution in [-0.2, 0) is 13.1 Å². The largest absolute Gasteiger partial charge is 0.441 e. The number of rotatable bonds is 7. The molecule has 0 unspecified atom stereocenters. The Morgan fingerprint density at radius 3 is 2.42 bits per heavy atom. The Kier molecular flexibility index (Phi) is 4.89. The molecule has 1 heterocycles. The SMILES string of the molecule is Cc1ccccc1-c1nc(CN(Cc2ccccc2)CC2CC2)c(C)o1. The summed E-state index contributed by atoms with van der Waals surface area (Å²) >= 11 is 0. The van der Waals surface area contributed by atoms with E-state index < -0.39 is 0 Å². The molecule has 0 aliphatic heterocycles. The lowest BCUT2D eigenvalue weighted by Gasteiger charge is -2.21. The first-order valence-corrected chi connectivity index (χ1v) is 9.47. The van der Waals surface area contributed by atoms with Crippen molar-refractivity contribution in [2.45, 2.75) is 39.8 Å². The van der Waals surface area contributed by atoms with Crippen molar-refractivity contribution in [1.82, 2.24) is 9.88 Å². The topological polar surface area (TPSA) is 29.3 Å². The van der Waals surface area contributed by atoms with Gasteiger partial charge in [-0.25, -0.2) is 4.98 Å². The average Bonchev–Trinajstić information content (AvgIpc) is 3.38. The molecule has 0 atom stereocenters. The number of benzene rings is 2. The zero-order valence-electron chi connectivity index (χ0n) is 15.6. The molecule has 3 aromatic rings. The van der Waals surface area contributed by atoms with Crippen LogP contribution in [0.4, 0.5) is 0 Å². The molecule has 1 aliphatic rings. The van der Waals surface area contributed by atoms with Crippen LogP contribution < -0.4 is 0 Å². The predicted molar refractivity (Wildman–Crippen MR) is 105 cm³/mol. The lowest BCUT2D eigenvalue weighted by Crippen LogP contribution is -2.25. The molecular formula is C23H26N2O. The highest BCUT2D eigenvalue weighted by atomic mass is 16.4. The monoisotopic (exact) mass is 346 g/mol. The van der Waals surface area contributed by atoms with E-state index in [4.69, 9.17) is 9.40 Å². The summed E-state index contributed by atoms with van der Waals surface area (Å²) in [6.07, 6.45) is 2.72. The van der Waals surface area contributed by atoms with Crippen molar-refractivity contribution < 1.29 is 4.42 Å². The zero-order chi connectivity index (χ0) is 17.9. The van der Waals surface area contributed by atoms with Gasteiger partial charge in [-0.1, -0.05) is 48.5 Å². The molecule has 1 saturated carbocycles. The number of oxazole rings is 1. The highest BCUT2D eigenvalue weighted by molar-refractivity contribution is 5.58. The van der Waals surface area contributed by atoms with E-state index in [0.29, 0.717) is 0 Å². The Hall–Kier alpha value is -2.39. The van der Waals surface area contributed by atoms with Crippen LogP contribution in [0, 0.1) is 19.8 Å². The van der Waals surface area contributed by atoms with Crippen LogP contribution in [-0.4, -0.2) is 16.4 Å². The molecule has 0 radical (unpaired) electrons. The summed E-state index contributed by atoms with van der Waals surface area (Å²) in [7, 11) is 0. The van der Waals surface area contributed by atoms with Crippen molar-refractivity contribution in [2.24, 2.45) is 5.92 Å². The third kappa shape index (κ3) is 4.05. The van der Waals surface area contributed by atoms with Crippen LogP contribution in [0.25, 0.3) is 11.5 Å². The summed E-state index contributed by atoms with van der Waals surface area (Å²) in [5.74, 6) is 2.51. The Labute approximate surface area is 155 Å². The Morgan fingerprint density at radius 2 is 1.69 bits per heavy atom. The van der Waals surface area contributed by atoms with E-state index >= 15 is 0 Å². The van der Waals surface area contributed by atoms with Gasteiger partial charge in [0.15, 0.2) is 0 Å². The fourth-order valence-corrected chi connectivity index (χ4v) is 3.41. The van der Waals surface area contributed by atoms with Gasteiger partial charge in [0, 0.05) is 25.2 Å². The molecular weight excluding hydrogens is 320 g/mol. The number of aryl methyl sites for hydroxylation is 2. The smallest absolute Gasteiger partial charge is 0.226 e. The van der Waals surface area contributed by atoms with Gasteiger partial charge in [0.2, 0.25) is 5.89 Å². The fraction of sp³-hybridized carbons (Fsp3) is 0.348. The summed E-state index contributed by atoms with van der Waals surface area (Å²) in [5.41, 5.74) is 4.69. The van der Waals surface area contributed by atoms with Gasteiger partial charge in [-0.3, -0.25) is 4.90 Å². The molecule has 0 saturated heterocycles. The van der Waals surface area contributed by atoms with Gasteiger partial charge < -0.3 is 4.42 Å². The lowest BCUT2D eigenvalue weighted by atomic mass is 10.1. The molecule has 26 heavy (non-hydrogen) atoms.